The largest absolute Gasteiger partial charge is 0.480 e. The Morgan fingerprint density at radius 2 is 2.43 bits per heavy atom. The molecule has 2 rings (SSSR count). The number of rotatable bonds is 2. The van der Waals surface area contributed by atoms with Crippen LogP contribution in [0, 0.1) is 0 Å². The molecule has 0 saturated heterocycles. The van der Waals surface area contributed by atoms with E-state index in [1.165, 1.54) is 16.8 Å². The number of nitrogens with zero attached hydrogens (tertiary/aromatic N) is 4. The van der Waals surface area contributed by atoms with Crippen LogP contribution < -0.4 is 5.73 Å². The maximum absolute atomic E-state index is 10.6. The SMILES string of the molecule is NC(C(=O)O)c1cnc2nnccn12. The molecule has 1 unspecified atom stereocenters. The van der Waals surface area contributed by atoms with E-state index in [4.69, 9.17) is 10.8 Å². The van der Waals surface area contributed by atoms with Gasteiger partial charge in [0.25, 0.3) is 5.78 Å². The van der Waals surface area contributed by atoms with Gasteiger partial charge in [-0.25, -0.2) is 4.98 Å². The lowest BCUT2D eigenvalue weighted by molar-refractivity contribution is -0.138. The zero-order chi connectivity index (χ0) is 10.1. The molecular weight excluding hydrogens is 186 g/mol. The van der Waals surface area contributed by atoms with Crippen molar-refractivity contribution in [2.75, 3.05) is 0 Å². The van der Waals surface area contributed by atoms with Crippen molar-refractivity contribution in [2.45, 2.75) is 6.04 Å². The molecule has 0 saturated carbocycles. The fraction of sp³-hybridized carbons (Fsp3) is 0.143. The highest BCUT2D eigenvalue weighted by atomic mass is 16.4. The Balaban J connectivity index is 2.58. The van der Waals surface area contributed by atoms with Crippen molar-refractivity contribution >= 4 is 11.7 Å². The second-order valence-electron chi connectivity index (χ2n) is 2.68. The first kappa shape index (κ1) is 8.57. The van der Waals surface area contributed by atoms with Crippen LogP contribution in [0.25, 0.3) is 5.78 Å². The summed E-state index contributed by atoms with van der Waals surface area (Å²) in [5.41, 5.74) is 5.82. The van der Waals surface area contributed by atoms with Crippen LogP contribution in [0.3, 0.4) is 0 Å². The molecule has 1 atom stereocenters. The van der Waals surface area contributed by atoms with Crippen LogP contribution in [-0.2, 0) is 4.79 Å². The molecule has 7 heteroatoms. The number of imidazole rings is 1. The van der Waals surface area contributed by atoms with Crippen LogP contribution in [0.4, 0.5) is 0 Å². The lowest BCUT2D eigenvalue weighted by Gasteiger charge is -2.04. The lowest BCUT2D eigenvalue weighted by Crippen LogP contribution is -2.22. The van der Waals surface area contributed by atoms with Crippen molar-refractivity contribution in [1.82, 2.24) is 19.6 Å². The number of carbonyl (C=O) groups is 1. The van der Waals surface area contributed by atoms with E-state index < -0.39 is 12.0 Å². The Morgan fingerprint density at radius 3 is 3.14 bits per heavy atom. The Bertz CT molecular complexity index is 480. The number of aromatic nitrogens is 4. The van der Waals surface area contributed by atoms with E-state index in [9.17, 15) is 4.79 Å². The molecule has 7 nitrogen and oxygen atoms in total. The smallest absolute Gasteiger partial charge is 0.326 e. The van der Waals surface area contributed by atoms with Gasteiger partial charge in [0.15, 0.2) is 0 Å². The van der Waals surface area contributed by atoms with E-state index in [1.54, 1.807) is 6.20 Å². The summed E-state index contributed by atoms with van der Waals surface area (Å²) in [6.45, 7) is 0. The highest BCUT2D eigenvalue weighted by molar-refractivity contribution is 5.74. The summed E-state index contributed by atoms with van der Waals surface area (Å²) in [6, 6.07) is -1.10. The summed E-state index contributed by atoms with van der Waals surface area (Å²) >= 11 is 0. The minimum absolute atomic E-state index is 0.333. The van der Waals surface area contributed by atoms with Crippen LogP contribution in [0.2, 0.25) is 0 Å². The van der Waals surface area contributed by atoms with Gasteiger partial charge in [-0.3, -0.25) is 9.20 Å². The standard InChI is InChI=1S/C7H7N5O2/c8-5(6(13)14)4-3-9-7-11-10-1-2-12(4)7/h1-3,5H,8H2,(H,13,14). The molecule has 3 N–H and O–H groups in total. The van der Waals surface area contributed by atoms with E-state index >= 15 is 0 Å². The quantitative estimate of drug-likeness (QED) is 0.647. The van der Waals surface area contributed by atoms with E-state index in [2.05, 4.69) is 15.2 Å². The van der Waals surface area contributed by atoms with Gasteiger partial charge in [0, 0.05) is 6.20 Å². The van der Waals surface area contributed by atoms with E-state index in [0.29, 0.717) is 11.5 Å². The van der Waals surface area contributed by atoms with Gasteiger partial charge in [-0.05, 0) is 0 Å². The predicted octanol–water partition coefficient (Wildman–Crippen LogP) is -0.791. The maximum Gasteiger partial charge on any atom is 0.326 e. The summed E-state index contributed by atoms with van der Waals surface area (Å²) in [6.07, 6.45) is 4.38. The monoisotopic (exact) mass is 193 g/mol. The molecule has 0 fully saturated rings. The zero-order valence-corrected chi connectivity index (χ0v) is 7.03. The normalized spacial score (nSPS) is 12.9. The zero-order valence-electron chi connectivity index (χ0n) is 7.03. The van der Waals surface area contributed by atoms with Crippen molar-refractivity contribution in [1.29, 1.82) is 0 Å². The first-order valence-electron chi connectivity index (χ1n) is 3.83. The number of aliphatic carboxylic acids is 1. The lowest BCUT2D eigenvalue weighted by atomic mass is 10.2. The molecule has 0 amide bonds. The number of carboxylic acid groups (broad SMARTS) is 1. The van der Waals surface area contributed by atoms with Crippen molar-refractivity contribution in [3.8, 4) is 0 Å². The first-order chi connectivity index (χ1) is 6.70. The summed E-state index contributed by atoms with van der Waals surface area (Å²) in [5.74, 6) is -0.775. The van der Waals surface area contributed by atoms with Gasteiger partial charge in [0.1, 0.15) is 6.04 Å². The van der Waals surface area contributed by atoms with Crippen LogP contribution >= 0.6 is 0 Å². The minimum Gasteiger partial charge on any atom is -0.480 e. The molecule has 0 radical (unpaired) electrons. The third-order valence-corrected chi connectivity index (χ3v) is 1.82. The fourth-order valence-electron chi connectivity index (χ4n) is 1.13. The van der Waals surface area contributed by atoms with Gasteiger partial charge in [-0.1, -0.05) is 0 Å². The molecular formula is C7H7N5O2. The van der Waals surface area contributed by atoms with E-state index in [1.807, 2.05) is 0 Å². The molecule has 0 bridgehead atoms. The summed E-state index contributed by atoms with van der Waals surface area (Å²) < 4.78 is 1.49. The molecule has 0 aliphatic rings. The van der Waals surface area contributed by atoms with Crippen LogP contribution in [-0.4, -0.2) is 30.7 Å². The average molecular weight is 193 g/mol. The van der Waals surface area contributed by atoms with Crippen molar-refractivity contribution < 1.29 is 9.90 Å². The molecule has 0 aliphatic heterocycles. The van der Waals surface area contributed by atoms with Crippen molar-refractivity contribution in [3.63, 3.8) is 0 Å². The number of hydrogen-bond donors (Lipinski definition) is 2. The summed E-state index contributed by atoms with van der Waals surface area (Å²) in [7, 11) is 0. The fourth-order valence-corrected chi connectivity index (χ4v) is 1.13. The number of hydrogen-bond acceptors (Lipinski definition) is 5. The average Bonchev–Trinajstić information content (AvgIpc) is 2.60. The third kappa shape index (κ3) is 1.19. The van der Waals surface area contributed by atoms with Gasteiger partial charge in [-0.15, -0.1) is 5.10 Å². The van der Waals surface area contributed by atoms with Gasteiger partial charge in [0.05, 0.1) is 18.1 Å². The second-order valence-corrected chi connectivity index (χ2v) is 2.68. The van der Waals surface area contributed by atoms with E-state index in [-0.39, 0.29) is 0 Å². The van der Waals surface area contributed by atoms with Crippen LogP contribution in [0.15, 0.2) is 18.6 Å². The summed E-state index contributed by atoms with van der Waals surface area (Å²) in [5, 5.41) is 16.0. The second kappa shape index (κ2) is 3.04. The van der Waals surface area contributed by atoms with E-state index in [0.717, 1.165) is 0 Å². The Labute approximate surface area is 78.2 Å². The van der Waals surface area contributed by atoms with Gasteiger partial charge in [-0.2, -0.15) is 5.10 Å². The number of fused-ring (bicyclic) bond motifs is 1. The Hall–Kier alpha value is -2.02. The molecule has 0 aliphatic carbocycles. The molecule has 2 heterocycles. The molecule has 0 aromatic carbocycles. The summed E-state index contributed by atoms with van der Waals surface area (Å²) in [4.78, 5) is 14.5. The minimum atomic E-state index is -1.11. The number of carboxylic acids is 1. The highest BCUT2D eigenvalue weighted by Crippen LogP contribution is 2.10. The highest BCUT2D eigenvalue weighted by Gasteiger charge is 2.18. The van der Waals surface area contributed by atoms with Crippen LogP contribution in [0.5, 0.6) is 0 Å². The Kier molecular flexibility index (Phi) is 1.86. The topological polar surface area (TPSA) is 106 Å². The first-order valence-corrected chi connectivity index (χ1v) is 3.83. The molecule has 72 valence electrons. The molecule has 0 spiro atoms. The third-order valence-electron chi connectivity index (χ3n) is 1.82. The van der Waals surface area contributed by atoms with Crippen molar-refractivity contribution in [3.05, 3.63) is 24.3 Å². The van der Waals surface area contributed by atoms with Crippen molar-refractivity contribution in [2.24, 2.45) is 5.73 Å². The number of nitrogens with two attached hydrogens (primary N) is 1. The molecule has 2 aromatic heterocycles. The van der Waals surface area contributed by atoms with Gasteiger partial charge >= 0.3 is 5.97 Å². The molecule has 14 heavy (non-hydrogen) atoms. The predicted molar refractivity (Wildman–Crippen MR) is 45.3 cm³/mol. The Morgan fingerprint density at radius 1 is 1.64 bits per heavy atom. The van der Waals surface area contributed by atoms with Gasteiger partial charge < -0.3 is 10.8 Å². The maximum atomic E-state index is 10.6. The van der Waals surface area contributed by atoms with Gasteiger partial charge in [0.2, 0.25) is 0 Å². The molecule has 2 aromatic rings. The van der Waals surface area contributed by atoms with Crippen LogP contribution in [0.1, 0.15) is 11.7 Å².